The summed E-state index contributed by atoms with van der Waals surface area (Å²) in [6, 6.07) is 12.3. The van der Waals surface area contributed by atoms with E-state index in [2.05, 4.69) is 41.3 Å². The van der Waals surface area contributed by atoms with Crippen LogP contribution in [0.3, 0.4) is 0 Å². The number of carbonyl (C=O) groups is 1. The average Bonchev–Trinajstić information content (AvgIpc) is 3.43. The maximum absolute atomic E-state index is 13.1. The summed E-state index contributed by atoms with van der Waals surface area (Å²) in [6.45, 7) is 5.53. The number of aromatic nitrogens is 1. The molecule has 1 N–H and O–H groups in total. The summed E-state index contributed by atoms with van der Waals surface area (Å²) < 4.78 is 36.2. The van der Waals surface area contributed by atoms with Crippen molar-refractivity contribution >= 4 is 27.0 Å². The van der Waals surface area contributed by atoms with Gasteiger partial charge in [0.1, 0.15) is 5.75 Å². The number of benzene rings is 2. The highest BCUT2D eigenvalue weighted by molar-refractivity contribution is 7.87. The molecule has 2 aromatic carbocycles. The summed E-state index contributed by atoms with van der Waals surface area (Å²) in [5.41, 5.74) is 6.83. The molecule has 1 amide bonds. The van der Waals surface area contributed by atoms with Gasteiger partial charge in [0.15, 0.2) is 0 Å². The molecule has 7 nitrogen and oxygen atoms in total. The summed E-state index contributed by atoms with van der Waals surface area (Å²) in [6.07, 6.45) is 7.14. The van der Waals surface area contributed by atoms with Crippen molar-refractivity contribution in [2.24, 2.45) is 11.3 Å². The van der Waals surface area contributed by atoms with Gasteiger partial charge >= 0.3 is 10.2 Å². The fraction of sp³-hybridized carbons (Fsp3) is 0.516. The Hall–Kier alpha value is -2.84. The molecular formula is C31H39N3O4S. The molecule has 1 aliphatic heterocycles. The summed E-state index contributed by atoms with van der Waals surface area (Å²) in [4.78, 5) is 13.1. The first kappa shape index (κ1) is 26.4. The van der Waals surface area contributed by atoms with Crippen molar-refractivity contribution in [1.29, 1.82) is 0 Å². The van der Waals surface area contributed by atoms with Crippen molar-refractivity contribution in [1.82, 2.24) is 13.6 Å². The zero-order valence-electron chi connectivity index (χ0n) is 23.6. The van der Waals surface area contributed by atoms with Crippen LogP contribution in [0.5, 0.6) is 5.75 Å². The van der Waals surface area contributed by atoms with E-state index in [4.69, 9.17) is 4.74 Å². The molecule has 0 saturated heterocycles. The summed E-state index contributed by atoms with van der Waals surface area (Å²) in [5.74, 6) is 1.74. The molecule has 3 aromatic rings. The first-order chi connectivity index (χ1) is 18.6. The molecule has 0 radical (unpaired) electrons. The Labute approximate surface area is 231 Å². The van der Waals surface area contributed by atoms with E-state index in [1.54, 1.807) is 13.2 Å². The van der Waals surface area contributed by atoms with Gasteiger partial charge in [-0.2, -0.15) is 12.7 Å². The number of methoxy groups -OCH3 is 1. The third kappa shape index (κ3) is 4.01. The molecule has 3 atom stereocenters. The first-order valence-electron chi connectivity index (χ1n) is 14.2. The Morgan fingerprint density at radius 3 is 2.54 bits per heavy atom. The van der Waals surface area contributed by atoms with E-state index in [0.717, 1.165) is 28.5 Å². The normalized spacial score (nSPS) is 24.6. The van der Waals surface area contributed by atoms with Crippen LogP contribution >= 0.6 is 0 Å². The third-order valence-electron chi connectivity index (χ3n) is 9.96. The molecule has 6 rings (SSSR count). The number of rotatable bonds is 6. The van der Waals surface area contributed by atoms with E-state index in [9.17, 15) is 13.2 Å². The summed E-state index contributed by atoms with van der Waals surface area (Å²) in [5, 5.41) is 1.18. The van der Waals surface area contributed by atoms with Crippen LogP contribution in [0.4, 0.5) is 0 Å². The summed E-state index contributed by atoms with van der Waals surface area (Å²) in [7, 11) is 0.660. The Morgan fingerprint density at radius 2 is 1.87 bits per heavy atom. The fourth-order valence-corrected chi connectivity index (χ4v) is 8.19. The first-order valence-corrected chi connectivity index (χ1v) is 15.7. The number of ether oxygens (including phenoxy) is 1. The Kier molecular flexibility index (Phi) is 6.34. The Balaban J connectivity index is 1.60. The quantitative estimate of drug-likeness (QED) is 0.406. The molecule has 2 heterocycles. The van der Waals surface area contributed by atoms with Crippen LogP contribution in [0.2, 0.25) is 0 Å². The second-order valence-electron chi connectivity index (χ2n) is 11.9. The van der Waals surface area contributed by atoms with Gasteiger partial charge in [0.2, 0.25) is 0 Å². The topological polar surface area (TPSA) is 80.6 Å². The molecule has 1 aromatic heterocycles. The van der Waals surface area contributed by atoms with Gasteiger partial charge in [0.25, 0.3) is 5.91 Å². The predicted molar refractivity (Wildman–Crippen MR) is 154 cm³/mol. The van der Waals surface area contributed by atoms with E-state index in [1.165, 1.54) is 74.0 Å². The second-order valence-corrected chi connectivity index (χ2v) is 13.8. The van der Waals surface area contributed by atoms with E-state index < -0.39 is 16.1 Å². The number of carbonyl (C=O) groups excluding carboxylic acids is 1. The maximum Gasteiger partial charge on any atom is 0.303 e. The molecule has 0 bridgehead atoms. The third-order valence-corrected chi connectivity index (χ3v) is 11.4. The van der Waals surface area contributed by atoms with Crippen LogP contribution in [0.15, 0.2) is 36.4 Å². The lowest BCUT2D eigenvalue weighted by Gasteiger charge is -2.24. The number of nitrogens with one attached hydrogen (secondary N) is 1. The van der Waals surface area contributed by atoms with Crippen LogP contribution in [0.25, 0.3) is 22.2 Å². The lowest BCUT2D eigenvalue weighted by Crippen LogP contribution is -2.39. The minimum Gasteiger partial charge on any atom is -0.497 e. The highest BCUT2D eigenvalue weighted by Crippen LogP contribution is 2.71. The van der Waals surface area contributed by atoms with E-state index in [-0.39, 0.29) is 5.41 Å². The highest BCUT2D eigenvalue weighted by Gasteiger charge is 2.63. The van der Waals surface area contributed by atoms with Gasteiger partial charge in [-0.05, 0) is 83.9 Å². The Bertz CT molecular complexity index is 1570. The van der Waals surface area contributed by atoms with Gasteiger partial charge in [-0.15, -0.1) is 0 Å². The molecule has 2 aliphatic carbocycles. The van der Waals surface area contributed by atoms with Crippen LogP contribution in [0, 0.1) is 11.3 Å². The van der Waals surface area contributed by atoms with Gasteiger partial charge < -0.3 is 9.30 Å². The number of hydrogen-bond donors (Lipinski definition) is 1. The molecule has 0 spiro atoms. The number of hydrogen-bond acceptors (Lipinski definition) is 4. The number of fused-ring (bicyclic) bond motifs is 7. The van der Waals surface area contributed by atoms with Crippen LogP contribution in [-0.4, -0.2) is 44.4 Å². The molecule has 2 saturated carbocycles. The van der Waals surface area contributed by atoms with E-state index >= 15 is 0 Å². The predicted octanol–water partition coefficient (Wildman–Crippen LogP) is 6.04. The zero-order valence-corrected chi connectivity index (χ0v) is 24.4. The van der Waals surface area contributed by atoms with E-state index in [1.807, 2.05) is 12.1 Å². The minimum absolute atomic E-state index is 0.134. The van der Waals surface area contributed by atoms with Gasteiger partial charge in [0.05, 0.1) is 12.8 Å². The number of nitrogens with zero attached hydrogens (tertiary/aromatic N) is 2. The smallest absolute Gasteiger partial charge is 0.303 e. The highest BCUT2D eigenvalue weighted by atomic mass is 32.2. The molecule has 39 heavy (non-hydrogen) atoms. The van der Waals surface area contributed by atoms with Gasteiger partial charge in [-0.1, -0.05) is 39.2 Å². The molecule has 208 valence electrons. The standard InChI is InChI=1S/C31H39N3O4S/c1-6-31-18-34-26-16-21(30(35)32-39(36,37)33(3)4)12-14-24(26)27(20-10-8-7-9-11-20)29(34)23-15-13-22(38-5)17-25(23)28(31)19(31)2/h12-17,19-20,28H,6-11,18H2,1-5H3,(H,32,35)/t19?,28-,31-/m0/s1. The molecule has 8 heteroatoms. The second kappa shape index (κ2) is 9.37. The minimum atomic E-state index is -3.89. The van der Waals surface area contributed by atoms with Gasteiger partial charge in [-0.25, -0.2) is 4.72 Å². The molecule has 3 aliphatic rings. The summed E-state index contributed by atoms with van der Waals surface area (Å²) >= 11 is 0. The van der Waals surface area contributed by atoms with Crippen LogP contribution in [0.1, 0.15) is 85.7 Å². The van der Waals surface area contributed by atoms with Gasteiger partial charge in [0, 0.05) is 42.7 Å². The zero-order chi connectivity index (χ0) is 27.7. The lowest BCUT2D eigenvalue weighted by atomic mass is 9.81. The molecule has 2 fully saturated rings. The lowest BCUT2D eigenvalue weighted by molar-refractivity contribution is 0.0980. The van der Waals surface area contributed by atoms with E-state index in [0.29, 0.717) is 23.3 Å². The average molecular weight is 550 g/mol. The van der Waals surface area contributed by atoms with Crippen molar-refractivity contribution in [3.05, 3.63) is 53.1 Å². The van der Waals surface area contributed by atoms with Crippen LogP contribution < -0.4 is 9.46 Å². The van der Waals surface area contributed by atoms with Crippen molar-refractivity contribution in [2.75, 3.05) is 21.2 Å². The monoisotopic (exact) mass is 549 g/mol. The fourth-order valence-electron chi connectivity index (χ4n) is 7.65. The molecule has 1 unspecified atom stereocenters. The largest absolute Gasteiger partial charge is 0.497 e. The maximum atomic E-state index is 13.1. The van der Waals surface area contributed by atoms with Crippen molar-refractivity contribution in [3.8, 4) is 17.0 Å². The van der Waals surface area contributed by atoms with Gasteiger partial charge in [-0.3, -0.25) is 4.79 Å². The SMILES string of the molecule is CC[C@@]12Cn3c(c(C4CCCCC4)c4ccc(C(=O)NS(=O)(=O)N(C)C)cc43)-c3ccc(OC)cc3[C@@H]1C2C. The van der Waals surface area contributed by atoms with Crippen molar-refractivity contribution < 1.29 is 17.9 Å². The van der Waals surface area contributed by atoms with Crippen LogP contribution in [-0.2, 0) is 16.8 Å². The molecular weight excluding hydrogens is 510 g/mol. The van der Waals surface area contributed by atoms with Crippen molar-refractivity contribution in [2.45, 2.75) is 70.8 Å². The number of amides is 1. The van der Waals surface area contributed by atoms with Crippen molar-refractivity contribution in [3.63, 3.8) is 0 Å². The Morgan fingerprint density at radius 1 is 1.13 bits per heavy atom.